The highest BCUT2D eigenvalue weighted by Gasteiger charge is 2.13. The van der Waals surface area contributed by atoms with Crippen LogP contribution in [0.5, 0.6) is 0 Å². The van der Waals surface area contributed by atoms with E-state index in [1.807, 2.05) is 6.20 Å². The molecule has 3 nitrogen and oxygen atoms in total. The maximum atomic E-state index is 5.60. The molecular weight excluding hydrogens is 234 g/mol. The molecule has 0 saturated heterocycles. The van der Waals surface area contributed by atoms with Crippen LogP contribution in [0.25, 0.3) is 0 Å². The number of hydrogen-bond acceptors (Lipinski definition) is 3. The van der Waals surface area contributed by atoms with E-state index in [0.717, 1.165) is 31.2 Å². The van der Waals surface area contributed by atoms with Crippen LogP contribution >= 0.6 is 0 Å². The Labute approximate surface area is 118 Å². The number of hydrogen-bond donors (Lipinski definition) is 1. The summed E-state index contributed by atoms with van der Waals surface area (Å²) in [6.07, 6.45) is 5.35. The van der Waals surface area contributed by atoms with Gasteiger partial charge in [-0.25, -0.2) is 4.98 Å². The summed E-state index contributed by atoms with van der Waals surface area (Å²) in [5.41, 5.74) is 8.10. The minimum Gasteiger partial charge on any atom is -0.356 e. The standard InChI is InChI=1S/C16H29N3/c1-5-14(6-2)12-19(7-3)16-13(4)10-15(8-9-17)11-18-16/h10-11,14H,5-9,12,17H2,1-4H3. The van der Waals surface area contributed by atoms with Gasteiger partial charge in [-0.3, -0.25) is 0 Å². The second-order valence-electron chi connectivity index (χ2n) is 5.24. The third kappa shape index (κ3) is 4.50. The van der Waals surface area contributed by atoms with Crippen molar-refractivity contribution in [3.63, 3.8) is 0 Å². The van der Waals surface area contributed by atoms with E-state index in [2.05, 4.69) is 43.6 Å². The van der Waals surface area contributed by atoms with Crippen molar-refractivity contribution in [3.05, 3.63) is 23.4 Å². The van der Waals surface area contributed by atoms with Gasteiger partial charge in [0.1, 0.15) is 5.82 Å². The summed E-state index contributed by atoms with van der Waals surface area (Å²) in [4.78, 5) is 7.06. The lowest BCUT2D eigenvalue weighted by molar-refractivity contribution is 0.484. The largest absolute Gasteiger partial charge is 0.356 e. The normalized spacial score (nSPS) is 11.1. The second kappa shape index (κ2) is 8.16. The number of aryl methyl sites for hydroxylation is 1. The fourth-order valence-electron chi connectivity index (χ4n) is 2.48. The molecule has 108 valence electrons. The highest BCUT2D eigenvalue weighted by Crippen LogP contribution is 2.21. The van der Waals surface area contributed by atoms with Gasteiger partial charge in [0.2, 0.25) is 0 Å². The molecule has 1 rings (SSSR count). The van der Waals surface area contributed by atoms with Crippen molar-refractivity contribution in [2.75, 3.05) is 24.5 Å². The molecule has 0 radical (unpaired) electrons. The van der Waals surface area contributed by atoms with Crippen LogP contribution in [0.2, 0.25) is 0 Å². The van der Waals surface area contributed by atoms with Gasteiger partial charge < -0.3 is 10.6 Å². The molecule has 0 spiro atoms. The van der Waals surface area contributed by atoms with Gasteiger partial charge in [0.05, 0.1) is 0 Å². The van der Waals surface area contributed by atoms with E-state index in [4.69, 9.17) is 5.73 Å². The van der Waals surface area contributed by atoms with Gasteiger partial charge in [-0.1, -0.05) is 32.8 Å². The van der Waals surface area contributed by atoms with Gasteiger partial charge in [-0.2, -0.15) is 0 Å². The average Bonchev–Trinajstić information content (AvgIpc) is 2.42. The summed E-state index contributed by atoms with van der Waals surface area (Å²) in [5.74, 6) is 1.89. The van der Waals surface area contributed by atoms with E-state index in [9.17, 15) is 0 Å². The zero-order chi connectivity index (χ0) is 14.3. The number of anilines is 1. The van der Waals surface area contributed by atoms with Crippen LogP contribution in [0.1, 0.15) is 44.7 Å². The molecule has 0 bridgehead atoms. The topological polar surface area (TPSA) is 42.2 Å². The first-order valence-electron chi connectivity index (χ1n) is 7.56. The van der Waals surface area contributed by atoms with Crippen LogP contribution in [-0.2, 0) is 6.42 Å². The Morgan fingerprint density at radius 1 is 1.26 bits per heavy atom. The van der Waals surface area contributed by atoms with Gasteiger partial charge in [0.25, 0.3) is 0 Å². The van der Waals surface area contributed by atoms with Crippen LogP contribution in [0.4, 0.5) is 5.82 Å². The highest BCUT2D eigenvalue weighted by molar-refractivity contribution is 5.47. The first-order chi connectivity index (χ1) is 9.15. The number of nitrogens with zero attached hydrogens (tertiary/aromatic N) is 2. The highest BCUT2D eigenvalue weighted by atomic mass is 15.2. The van der Waals surface area contributed by atoms with Crippen LogP contribution in [0.3, 0.4) is 0 Å². The summed E-state index contributed by atoms with van der Waals surface area (Å²) in [6.45, 7) is 11.7. The summed E-state index contributed by atoms with van der Waals surface area (Å²) in [5, 5.41) is 0. The van der Waals surface area contributed by atoms with Crippen molar-refractivity contribution in [3.8, 4) is 0 Å². The lowest BCUT2D eigenvalue weighted by atomic mass is 10.0. The van der Waals surface area contributed by atoms with E-state index in [1.54, 1.807) is 0 Å². The molecule has 0 aliphatic carbocycles. The molecule has 0 atom stereocenters. The molecule has 0 saturated carbocycles. The number of pyridine rings is 1. The molecule has 1 heterocycles. The Bertz CT molecular complexity index is 372. The molecule has 1 aromatic heterocycles. The molecule has 0 unspecified atom stereocenters. The van der Waals surface area contributed by atoms with E-state index >= 15 is 0 Å². The maximum Gasteiger partial charge on any atom is 0.131 e. The van der Waals surface area contributed by atoms with E-state index in [-0.39, 0.29) is 0 Å². The van der Waals surface area contributed by atoms with Gasteiger partial charge in [0, 0.05) is 19.3 Å². The maximum absolute atomic E-state index is 5.60. The lowest BCUT2D eigenvalue weighted by Gasteiger charge is -2.28. The van der Waals surface area contributed by atoms with Gasteiger partial charge in [-0.15, -0.1) is 0 Å². The van der Waals surface area contributed by atoms with Gasteiger partial charge in [0.15, 0.2) is 0 Å². The second-order valence-corrected chi connectivity index (χ2v) is 5.24. The zero-order valence-corrected chi connectivity index (χ0v) is 12.9. The molecule has 0 fully saturated rings. The number of nitrogens with two attached hydrogens (primary N) is 1. The first kappa shape index (κ1) is 16.0. The Balaban J connectivity index is 2.86. The molecule has 0 aliphatic rings. The molecule has 0 aliphatic heterocycles. The Morgan fingerprint density at radius 3 is 2.42 bits per heavy atom. The lowest BCUT2D eigenvalue weighted by Crippen LogP contribution is -2.30. The molecule has 2 N–H and O–H groups in total. The predicted molar refractivity (Wildman–Crippen MR) is 83.7 cm³/mol. The van der Waals surface area contributed by atoms with Gasteiger partial charge >= 0.3 is 0 Å². The van der Waals surface area contributed by atoms with Gasteiger partial charge in [-0.05, 0) is 43.9 Å². The Morgan fingerprint density at radius 2 is 1.95 bits per heavy atom. The van der Waals surface area contributed by atoms with Crippen molar-refractivity contribution in [1.29, 1.82) is 0 Å². The van der Waals surface area contributed by atoms with Crippen molar-refractivity contribution in [2.45, 2.75) is 47.0 Å². The predicted octanol–water partition coefficient (Wildman–Crippen LogP) is 3.15. The monoisotopic (exact) mass is 263 g/mol. The third-order valence-corrected chi connectivity index (χ3v) is 3.85. The molecule has 0 amide bonds. The molecule has 1 aromatic rings. The molecule has 19 heavy (non-hydrogen) atoms. The van der Waals surface area contributed by atoms with E-state index in [0.29, 0.717) is 6.54 Å². The van der Waals surface area contributed by atoms with Crippen LogP contribution in [0.15, 0.2) is 12.3 Å². The summed E-state index contributed by atoms with van der Waals surface area (Å²) >= 11 is 0. The SMILES string of the molecule is CCC(CC)CN(CC)c1ncc(CCN)cc1C. The number of rotatable bonds is 8. The average molecular weight is 263 g/mol. The van der Waals surface area contributed by atoms with Crippen molar-refractivity contribution in [1.82, 2.24) is 4.98 Å². The van der Waals surface area contributed by atoms with E-state index < -0.39 is 0 Å². The molecule has 3 heteroatoms. The minimum atomic E-state index is 0.686. The quantitative estimate of drug-likeness (QED) is 0.783. The fourth-order valence-corrected chi connectivity index (χ4v) is 2.48. The molecule has 0 aromatic carbocycles. The Kier molecular flexibility index (Phi) is 6.85. The van der Waals surface area contributed by atoms with Crippen molar-refractivity contribution >= 4 is 5.82 Å². The zero-order valence-electron chi connectivity index (χ0n) is 12.9. The van der Waals surface area contributed by atoms with E-state index in [1.165, 1.54) is 24.0 Å². The Hall–Kier alpha value is -1.09. The minimum absolute atomic E-state index is 0.686. The first-order valence-corrected chi connectivity index (χ1v) is 7.56. The fraction of sp³-hybridized carbons (Fsp3) is 0.688. The van der Waals surface area contributed by atoms with Crippen molar-refractivity contribution in [2.24, 2.45) is 11.7 Å². The summed E-state index contributed by atoms with van der Waals surface area (Å²) < 4.78 is 0. The van der Waals surface area contributed by atoms with Crippen LogP contribution in [-0.4, -0.2) is 24.6 Å². The number of aromatic nitrogens is 1. The molecular formula is C16H29N3. The smallest absolute Gasteiger partial charge is 0.131 e. The van der Waals surface area contributed by atoms with Crippen LogP contribution in [0, 0.1) is 12.8 Å². The third-order valence-electron chi connectivity index (χ3n) is 3.85. The van der Waals surface area contributed by atoms with Crippen LogP contribution < -0.4 is 10.6 Å². The summed E-state index contributed by atoms with van der Waals surface area (Å²) in [6, 6.07) is 2.23. The summed E-state index contributed by atoms with van der Waals surface area (Å²) in [7, 11) is 0. The van der Waals surface area contributed by atoms with Crippen molar-refractivity contribution < 1.29 is 0 Å².